The van der Waals surface area contributed by atoms with Crippen molar-refractivity contribution in [3.8, 4) is 11.4 Å². The van der Waals surface area contributed by atoms with E-state index in [1.165, 1.54) is 30.2 Å². The third kappa shape index (κ3) is 3.97. The quantitative estimate of drug-likeness (QED) is 0.619. The van der Waals surface area contributed by atoms with E-state index < -0.39 is 0 Å². The van der Waals surface area contributed by atoms with Crippen molar-refractivity contribution in [1.29, 1.82) is 0 Å². The summed E-state index contributed by atoms with van der Waals surface area (Å²) >= 11 is 0. The van der Waals surface area contributed by atoms with Crippen molar-refractivity contribution in [1.82, 2.24) is 19.9 Å². The molecule has 0 aliphatic carbocycles. The molecule has 2 aromatic heterocycles. The molecule has 6 rings (SSSR count). The van der Waals surface area contributed by atoms with E-state index in [1.807, 2.05) is 30.3 Å². The second kappa shape index (κ2) is 8.85. The average molecular weight is 459 g/mol. The minimum Gasteiger partial charge on any atom is -0.377 e. The summed E-state index contributed by atoms with van der Waals surface area (Å²) in [6.45, 7) is 6.78. The molecule has 2 N–H and O–H groups in total. The molecule has 8 heteroatoms. The second-order valence-electron chi connectivity index (χ2n) is 9.43. The lowest BCUT2D eigenvalue weighted by Gasteiger charge is -2.38. The number of H-pyrrole nitrogens is 1. The van der Waals surface area contributed by atoms with Gasteiger partial charge in [-0.3, -0.25) is 9.69 Å². The fourth-order valence-electron chi connectivity index (χ4n) is 5.45. The van der Waals surface area contributed by atoms with E-state index in [-0.39, 0.29) is 5.56 Å². The molecule has 0 bridgehead atoms. The Labute approximate surface area is 199 Å². The maximum Gasteiger partial charge on any atom is 0.249 e. The van der Waals surface area contributed by atoms with Gasteiger partial charge in [-0.2, -0.15) is 0 Å². The molecule has 5 heterocycles. The normalized spacial score (nSPS) is 22.3. The first-order valence-corrected chi connectivity index (χ1v) is 12.2. The molecular weight excluding hydrogens is 428 g/mol. The number of ether oxygens (including phenoxy) is 1. The Morgan fingerprint density at radius 2 is 1.97 bits per heavy atom. The Kier molecular flexibility index (Phi) is 5.55. The summed E-state index contributed by atoms with van der Waals surface area (Å²) in [4.78, 5) is 29.7. The number of morpholine rings is 1. The van der Waals surface area contributed by atoms with Crippen molar-refractivity contribution in [2.45, 2.75) is 38.3 Å². The van der Waals surface area contributed by atoms with Crippen LogP contribution in [0.15, 0.2) is 47.3 Å². The van der Waals surface area contributed by atoms with Gasteiger partial charge in [-0.25, -0.2) is 9.97 Å². The lowest BCUT2D eigenvalue weighted by atomic mass is 9.97. The van der Waals surface area contributed by atoms with Crippen molar-refractivity contribution in [3.05, 3.63) is 64.1 Å². The van der Waals surface area contributed by atoms with Crippen molar-refractivity contribution in [3.63, 3.8) is 0 Å². The maximum absolute atomic E-state index is 11.6. The zero-order valence-electron chi connectivity index (χ0n) is 19.5. The van der Waals surface area contributed by atoms with Gasteiger partial charge in [0.15, 0.2) is 5.82 Å². The molecule has 0 saturated carbocycles. The number of anilines is 3. The third-order valence-corrected chi connectivity index (χ3v) is 7.18. The van der Waals surface area contributed by atoms with E-state index in [4.69, 9.17) is 14.7 Å². The highest BCUT2D eigenvalue weighted by Gasteiger charge is 2.36. The van der Waals surface area contributed by atoms with Gasteiger partial charge >= 0.3 is 0 Å². The summed E-state index contributed by atoms with van der Waals surface area (Å²) in [5.74, 6) is 2.53. The lowest BCUT2D eigenvalue weighted by molar-refractivity contribution is 0.0983. The molecule has 0 spiro atoms. The maximum atomic E-state index is 11.6. The highest BCUT2D eigenvalue weighted by atomic mass is 16.5. The summed E-state index contributed by atoms with van der Waals surface area (Å²) in [7, 11) is 0. The smallest absolute Gasteiger partial charge is 0.249 e. The number of hydrogen-bond donors (Lipinski definition) is 2. The summed E-state index contributed by atoms with van der Waals surface area (Å²) in [5.41, 5.74) is 4.30. The van der Waals surface area contributed by atoms with Gasteiger partial charge in [-0.15, -0.1) is 0 Å². The Balaban J connectivity index is 1.37. The molecule has 3 aliphatic rings. The molecule has 2 fully saturated rings. The van der Waals surface area contributed by atoms with Crippen LogP contribution in [0.5, 0.6) is 0 Å². The summed E-state index contributed by atoms with van der Waals surface area (Å²) in [6.07, 6.45) is 3.40. The predicted molar refractivity (Wildman–Crippen MR) is 133 cm³/mol. The fraction of sp³-hybridized carbons (Fsp3) is 0.423. The second-order valence-corrected chi connectivity index (χ2v) is 9.43. The molecule has 2 saturated heterocycles. The molecule has 1 unspecified atom stereocenters. The van der Waals surface area contributed by atoms with Crippen LogP contribution in [0.3, 0.4) is 0 Å². The monoisotopic (exact) mass is 458 g/mol. The minimum atomic E-state index is -0.130. The van der Waals surface area contributed by atoms with Crippen molar-refractivity contribution < 1.29 is 4.74 Å². The van der Waals surface area contributed by atoms with E-state index in [9.17, 15) is 4.79 Å². The van der Waals surface area contributed by atoms with Gasteiger partial charge in [0.1, 0.15) is 11.6 Å². The summed E-state index contributed by atoms with van der Waals surface area (Å²) < 4.78 is 5.71. The minimum absolute atomic E-state index is 0.130. The summed E-state index contributed by atoms with van der Waals surface area (Å²) in [6, 6.07) is 13.9. The van der Waals surface area contributed by atoms with Gasteiger partial charge in [0, 0.05) is 36.0 Å². The Morgan fingerprint density at radius 1 is 1.09 bits per heavy atom. The van der Waals surface area contributed by atoms with E-state index in [1.54, 1.807) is 6.07 Å². The van der Waals surface area contributed by atoms with E-state index >= 15 is 0 Å². The molecule has 0 radical (unpaired) electrons. The van der Waals surface area contributed by atoms with Crippen LogP contribution in [-0.4, -0.2) is 58.7 Å². The van der Waals surface area contributed by atoms with Crippen molar-refractivity contribution >= 4 is 17.3 Å². The molecule has 8 nitrogen and oxygen atoms in total. The molecule has 3 aromatic rings. The van der Waals surface area contributed by atoms with Crippen LogP contribution in [0, 0.1) is 0 Å². The summed E-state index contributed by atoms with van der Waals surface area (Å²) in [5, 5.41) is 3.25. The van der Waals surface area contributed by atoms with Crippen LogP contribution in [0.25, 0.3) is 11.4 Å². The van der Waals surface area contributed by atoms with Gasteiger partial charge in [-0.05, 0) is 63.1 Å². The first kappa shape index (κ1) is 21.3. The fourth-order valence-corrected chi connectivity index (χ4v) is 5.45. The number of nitrogens with zero attached hydrogens (tertiary/aromatic N) is 4. The number of fused-ring (bicyclic) bond motifs is 3. The van der Waals surface area contributed by atoms with Gasteiger partial charge in [0.05, 0.1) is 31.0 Å². The molecule has 0 amide bonds. The van der Waals surface area contributed by atoms with E-state index in [0.29, 0.717) is 17.9 Å². The third-order valence-electron chi connectivity index (χ3n) is 7.18. The lowest BCUT2D eigenvalue weighted by Crippen LogP contribution is -2.45. The molecule has 3 aliphatic heterocycles. The Bertz CT molecular complexity index is 1240. The highest BCUT2D eigenvalue weighted by molar-refractivity contribution is 5.66. The van der Waals surface area contributed by atoms with Crippen LogP contribution >= 0.6 is 0 Å². The SMILES string of the molecule is C[C@H]1COCCN1c1nc(-c2ccc(Nc3cccc(=O)[nH]3)cc2)nc2c1CCN1CCCC21. The first-order valence-electron chi connectivity index (χ1n) is 12.2. The van der Waals surface area contributed by atoms with E-state index in [0.717, 1.165) is 62.2 Å². The predicted octanol–water partition coefficient (Wildman–Crippen LogP) is 3.49. The first-order chi connectivity index (χ1) is 16.7. The van der Waals surface area contributed by atoms with Crippen LogP contribution < -0.4 is 15.8 Å². The van der Waals surface area contributed by atoms with Crippen LogP contribution in [0.1, 0.15) is 37.1 Å². The van der Waals surface area contributed by atoms with Gasteiger partial charge in [0.2, 0.25) is 5.56 Å². The average Bonchev–Trinajstić information content (AvgIpc) is 3.34. The molecule has 176 valence electrons. The molecular formula is C26H30N6O2. The van der Waals surface area contributed by atoms with Gasteiger partial charge < -0.3 is 19.9 Å². The molecule has 2 atom stereocenters. The topological polar surface area (TPSA) is 86.4 Å². The van der Waals surface area contributed by atoms with Gasteiger partial charge in [0.25, 0.3) is 0 Å². The van der Waals surface area contributed by atoms with Crippen molar-refractivity contribution in [2.75, 3.05) is 43.1 Å². The number of pyridine rings is 1. The number of benzene rings is 1. The number of aromatic nitrogens is 3. The number of rotatable bonds is 4. The zero-order chi connectivity index (χ0) is 23.1. The zero-order valence-corrected chi connectivity index (χ0v) is 19.5. The highest BCUT2D eigenvalue weighted by Crippen LogP contribution is 2.41. The van der Waals surface area contributed by atoms with Crippen LogP contribution in [0.2, 0.25) is 0 Å². The van der Waals surface area contributed by atoms with Crippen molar-refractivity contribution in [2.24, 2.45) is 0 Å². The van der Waals surface area contributed by atoms with Crippen LogP contribution in [0.4, 0.5) is 17.3 Å². The standard InChI is InChI=1S/C26H30N6O2/c1-17-16-34-15-14-32(17)26-20-11-13-31-12-3-4-21(31)24(20)29-25(30-26)18-7-9-19(10-8-18)27-22-5-2-6-23(33)28-22/h2,5-10,17,21H,3-4,11-16H2,1H3,(H2,27,28,33)/t17-,21?/m0/s1. The molecule has 1 aromatic carbocycles. The number of hydrogen-bond acceptors (Lipinski definition) is 7. The van der Waals surface area contributed by atoms with Crippen LogP contribution in [-0.2, 0) is 11.2 Å². The number of aromatic amines is 1. The largest absolute Gasteiger partial charge is 0.377 e. The number of nitrogens with one attached hydrogen (secondary N) is 2. The Morgan fingerprint density at radius 3 is 2.79 bits per heavy atom. The van der Waals surface area contributed by atoms with Gasteiger partial charge in [-0.1, -0.05) is 6.07 Å². The van der Waals surface area contributed by atoms with E-state index in [2.05, 4.69) is 27.0 Å². The molecule has 34 heavy (non-hydrogen) atoms. The Hall–Kier alpha value is -3.23.